The smallest absolute Gasteiger partial charge is 0.306 e. The number of carbonyl (C=O) groups is 3. The Balaban J connectivity index is 2.87. The van der Waals surface area contributed by atoms with Crippen LogP contribution in [0.15, 0.2) is 0 Å². The Morgan fingerprint density at radius 2 is 2.08 bits per heavy atom. The molecule has 0 saturated carbocycles. The van der Waals surface area contributed by atoms with Gasteiger partial charge in [0.1, 0.15) is 0 Å². The Bertz CT molecular complexity index is 283. The summed E-state index contributed by atoms with van der Waals surface area (Å²) in [6, 6.07) is 0. The van der Waals surface area contributed by atoms with Crippen LogP contribution in [0.4, 0.5) is 0 Å². The number of aliphatic hydroxyl groups is 1. The second kappa shape index (κ2) is 2.79. The Labute approximate surface area is 72.1 Å². The van der Waals surface area contributed by atoms with Gasteiger partial charge in [-0.05, 0) is 0 Å². The zero-order valence-electron chi connectivity index (χ0n) is 6.43. The highest BCUT2D eigenvalue weighted by Crippen LogP contribution is 2.25. The molecule has 0 aliphatic carbocycles. The molecule has 2 amide bonds. The molecule has 1 rings (SSSR count). The highest BCUT2D eigenvalue weighted by Gasteiger charge is 2.51. The molecule has 7 heteroatoms. The molecule has 0 aromatic rings. The minimum absolute atomic E-state index is 0.261. The summed E-state index contributed by atoms with van der Waals surface area (Å²) < 4.78 is 0. The number of aliphatic carboxylic acids is 1. The van der Waals surface area contributed by atoms with Crippen molar-refractivity contribution in [2.24, 2.45) is 0 Å². The molecule has 72 valence electrons. The van der Waals surface area contributed by atoms with Crippen molar-refractivity contribution in [1.29, 1.82) is 0 Å². The van der Waals surface area contributed by atoms with Crippen molar-refractivity contribution >= 4 is 17.8 Å². The fourth-order valence-electron chi connectivity index (χ4n) is 1.10. The zero-order chi connectivity index (χ0) is 10.2. The van der Waals surface area contributed by atoms with E-state index in [4.69, 9.17) is 10.3 Å². The van der Waals surface area contributed by atoms with E-state index in [1.165, 1.54) is 0 Å². The summed E-state index contributed by atoms with van der Waals surface area (Å²) in [6.45, 7) is 0. The predicted octanol–water partition coefficient (Wildman–Crippen LogP) is -1.66. The lowest BCUT2D eigenvalue weighted by atomic mass is 9.98. The molecule has 1 aliphatic rings. The van der Waals surface area contributed by atoms with Gasteiger partial charge in [0.2, 0.25) is 0 Å². The molecule has 0 aromatic heterocycles. The molecular weight excluding hydrogens is 182 g/mol. The van der Waals surface area contributed by atoms with Crippen molar-refractivity contribution in [3.8, 4) is 0 Å². The maximum Gasteiger partial charge on any atom is 0.306 e. The number of imide groups is 1. The first-order valence-corrected chi connectivity index (χ1v) is 3.37. The average Bonchev–Trinajstić information content (AvgIpc) is 2.14. The number of hydrogen-bond acceptors (Lipinski definition) is 5. The third-order valence-corrected chi connectivity index (χ3v) is 1.71. The number of hydroxylamine groups is 2. The first kappa shape index (κ1) is 9.62. The second-order valence-electron chi connectivity index (χ2n) is 2.79. The summed E-state index contributed by atoms with van der Waals surface area (Å²) in [5.74, 6) is -3.72. The van der Waals surface area contributed by atoms with Gasteiger partial charge in [0.05, 0.1) is 12.8 Å². The van der Waals surface area contributed by atoms with Crippen molar-refractivity contribution in [2.75, 3.05) is 0 Å². The van der Waals surface area contributed by atoms with Crippen molar-refractivity contribution in [2.45, 2.75) is 18.4 Å². The number of carbonyl (C=O) groups excluding carboxylic acids is 2. The Kier molecular flexibility index (Phi) is 2.06. The van der Waals surface area contributed by atoms with E-state index in [2.05, 4.69) is 0 Å². The monoisotopic (exact) mass is 189 g/mol. The van der Waals surface area contributed by atoms with Crippen LogP contribution in [0, 0.1) is 0 Å². The van der Waals surface area contributed by atoms with Crippen LogP contribution in [0.2, 0.25) is 0 Å². The lowest BCUT2D eigenvalue weighted by Gasteiger charge is -2.15. The van der Waals surface area contributed by atoms with E-state index in [1.54, 1.807) is 0 Å². The fraction of sp³-hybridized carbons (Fsp3) is 0.500. The van der Waals surface area contributed by atoms with Gasteiger partial charge in [0.25, 0.3) is 11.8 Å². The maximum absolute atomic E-state index is 10.9. The van der Waals surface area contributed by atoms with Gasteiger partial charge in [-0.1, -0.05) is 0 Å². The Morgan fingerprint density at radius 3 is 2.38 bits per heavy atom. The minimum atomic E-state index is -2.29. The number of nitrogens with zero attached hydrogens (tertiary/aromatic N) is 1. The number of carboxylic acid groups (broad SMARTS) is 1. The van der Waals surface area contributed by atoms with Gasteiger partial charge >= 0.3 is 5.97 Å². The first-order chi connectivity index (χ1) is 5.87. The third kappa shape index (κ3) is 1.51. The number of rotatable bonds is 2. The van der Waals surface area contributed by atoms with Crippen LogP contribution in [0.25, 0.3) is 0 Å². The van der Waals surface area contributed by atoms with Crippen LogP contribution in [0.1, 0.15) is 12.8 Å². The van der Waals surface area contributed by atoms with Gasteiger partial charge < -0.3 is 10.2 Å². The van der Waals surface area contributed by atoms with Crippen LogP contribution in [0.5, 0.6) is 0 Å². The van der Waals surface area contributed by atoms with Gasteiger partial charge in [-0.25, -0.2) is 0 Å². The van der Waals surface area contributed by atoms with E-state index in [9.17, 15) is 19.5 Å². The van der Waals surface area contributed by atoms with Crippen LogP contribution >= 0.6 is 0 Å². The molecule has 0 radical (unpaired) electrons. The van der Waals surface area contributed by atoms with Crippen molar-refractivity contribution < 1.29 is 29.8 Å². The highest BCUT2D eigenvalue weighted by molar-refractivity contribution is 6.07. The molecule has 1 fully saturated rings. The van der Waals surface area contributed by atoms with Crippen molar-refractivity contribution in [1.82, 2.24) is 5.06 Å². The minimum Gasteiger partial charge on any atom is -0.481 e. The quantitative estimate of drug-likeness (QED) is 0.353. The normalized spacial score (nSPS) is 28.3. The SMILES string of the molecule is O=C(O)C[C@@]1(O)CC(=O)N(O)C1=O. The van der Waals surface area contributed by atoms with Gasteiger partial charge in [-0.2, -0.15) is 5.06 Å². The molecular formula is C6H7NO6. The Hall–Kier alpha value is -1.47. The molecule has 1 saturated heterocycles. The van der Waals surface area contributed by atoms with Crippen LogP contribution in [0.3, 0.4) is 0 Å². The average molecular weight is 189 g/mol. The summed E-state index contributed by atoms with van der Waals surface area (Å²) in [4.78, 5) is 31.8. The van der Waals surface area contributed by atoms with E-state index in [0.29, 0.717) is 0 Å². The predicted molar refractivity (Wildman–Crippen MR) is 35.5 cm³/mol. The number of hydrogen-bond donors (Lipinski definition) is 3. The van der Waals surface area contributed by atoms with Gasteiger partial charge in [-0.3, -0.25) is 19.6 Å². The Morgan fingerprint density at radius 1 is 1.54 bits per heavy atom. The standard InChI is InChI=1S/C6H7NO6/c8-3-1-6(12,2-4(9)10)5(11)7(3)13/h12-13H,1-2H2,(H,9,10)/t6-/m0/s1. The molecule has 0 unspecified atom stereocenters. The van der Waals surface area contributed by atoms with E-state index in [1.807, 2.05) is 0 Å². The third-order valence-electron chi connectivity index (χ3n) is 1.71. The highest BCUT2D eigenvalue weighted by atomic mass is 16.5. The van der Waals surface area contributed by atoms with Crippen LogP contribution in [-0.4, -0.2) is 43.9 Å². The zero-order valence-corrected chi connectivity index (χ0v) is 6.43. The summed E-state index contributed by atoms with van der Waals surface area (Å²) in [7, 11) is 0. The van der Waals surface area contributed by atoms with Gasteiger partial charge in [0.15, 0.2) is 5.60 Å². The summed E-state index contributed by atoms with van der Waals surface area (Å²) in [5, 5.41) is 26.1. The molecule has 3 N–H and O–H groups in total. The molecule has 13 heavy (non-hydrogen) atoms. The van der Waals surface area contributed by atoms with Gasteiger partial charge in [-0.15, -0.1) is 0 Å². The van der Waals surface area contributed by atoms with Crippen LogP contribution in [-0.2, 0) is 14.4 Å². The molecule has 0 spiro atoms. The van der Waals surface area contributed by atoms with E-state index in [0.717, 1.165) is 0 Å². The topological polar surface area (TPSA) is 115 Å². The molecule has 1 heterocycles. The van der Waals surface area contributed by atoms with E-state index in [-0.39, 0.29) is 5.06 Å². The van der Waals surface area contributed by atoms with Crippen molar-refractivity contribution in [3.63, 3.8) is 0 Å². The fourth-order valence-corrected chi connectivity index (χ4v) is 1.10. The summed E-state index contributed by atoms with van der Waals surface area (Å²) in [6.07, 6.45) is -1.59. The lowest BCUT2D eigenvalue weighted by molar-refractivity contribution is -0.178. The van der Waals surface area contributed by atoms with Gasteiger partial charge in [0, 0.05) is 0 Å². The number of carboxylic acids is 1. The number of amides is 2. The maximum atomic E-state index is 10.9. The van der Waals surface area contributed by atoms with E-state index >= 15 is 0 Å². The molecule has 7 nitrogen and oxygen atoms in total. The largest absolute Gasteiger partial charge is 0.481 e. The van der Waals surface area contributed by atoms with E-state index < -0.39 is 36.2 Å². The summed E-state index contributed by atoms with van der Waals surface area (Å²) >= 11 is 0. The second-order valence-corrected chi connectivity index (χ2v) is 2.79. The molecule has 1 atom stereocenters. The summed E-state index contributed by atoms with van der Waals surface area (Å²) in [5.41, 5.74) is -2.29. The lowest BCUT2D eigenvalue weighted by Crippen LogP contribution is -2.40. The molecule has 1 aliphatic heterocycles. The first-order valence-electron chi connectivity index (χ1n) is 3.37. The molecule has 0 bridgehead atoms. The molecule has 0 aromatic carbocycles. The van der Waals surface area contributed by atoms with Crippen molar-refractivity contribution in [3.05, 3.63) is 0 Å². The van der Waals surface area contributed by atoms with Crippen LogP contribution < -0.4 is 0 Å².